The fraction of sp³-hybridized carbons (Fsp3) is 0.750. The molecule has 0 aliphatic carbocycles. The smallest absolute Gasteiger partial charge is 0.244 e. The number of nitriles is 1. The van der Waals surface area contributed by atoms with Crippen LogP contribution < -0.4 is 0 Å². The van der Waals surface area contributed by atoms with Gasteiger partial charge in [0, 0.05) is 13.1 Å². The Morgan fingerprint density at radius 3 is 2.54 bits per heavy atom. The molecule has 72 valence electrons. The Kier molecular flexibility index (Phi) is 2.81. The molecular formula is C8H10F2N2O. The van der Waals surface area contributed by atoms with Crippen molar-refractivity contribution < 1.29 is 13.6 Å². The molecule has 3 nitrogen and oxygen atoms in total. The van der Waals surface area contributed by atoms with Gasteiger partial charge in [-0.2, -0.15) is 5.26 Å². The highest BCUT2D eigenvalue weighted by Crippen LogP contribution is 2.23. The monoisotopic (exact) mass is 188 g/mol. The van der Waals surface area contributed by atoms with Crippen LogP contribution in [0, 0.1) is 23.2 Å². The average Bonchev–Trinajstić information content (AvgIpc) is 1.99. The number of halogens is 2. The van der Waals surface area contributed by atoms with Gasteiger partial charge in [-0.25, -0.2) is 8.78 Å². The average molecular weight is 188 g/mol. The fourth-order valence-corrected chi connectivity index (χ4v) is 1.18. The number of likely N-dealkylation sites (tertiary alicyclic amines) is 1. The van der Waals surface area contributed by atoms with Crippen LogP contribution in [0.25, 0.3) is 0 Å². The normalized spacial score (nSPS) is 19.5. The maximum Gasteiger partial charge on any atom is 0.244 e. The van der Waals surface area contributed by atoms with Gasteiger partial charge < -0.3 is 4.90 Å². The summed E-state index contributed by atoms with van der Waals surface area (Å²) < 4.78 is 24.0. The van der Waals surface area contributed by atoms with E-state index in [-0.39, 0.29) is 19.0 Å². The third-order valence-corrected chi connectivity index (χ3v) is 2.14. The maximum absolute atomic E-state index is 12.0. The van der Waals surface area contributed by atoms with Crippen LogP contribution in [0.3, 0.4) is 0 Å². The molecule has 5 heteroatoms. The van der Waals surface area contributed by atoms with Crippen LogP contribution in [-0.2, 0) is 4.79 Å². The Morgan fingerprint density at radius 1 is 1.62 bits per heavy atom. The number of amides is 1. The molecule has 1 aliphatic rings. The Hall–Kier alpha value is -1.18. The van der Waals surface area contributed by atoms with E-state index in [1.165, 1.54) is 11.8 Å². The van der Waals surface area contributed by atoms with Gasteiger partial charge in [0.1, 0.15) is 5.92 Å². The van der Waals surface area contributed by atoms with Crippen molar-refractivity contribution in [3.63, 3.8) is 0 Å². The van der Waals surface area contributed by atoms with Crippen LogP contribution in [0.15, 0.2) is 0 Å². The van der Waals surface area contributed by atoms with E-state index in [9.17, 15) is 13.6 Å². The van der Waals surface area contributed by atoms with Crippen LogP contribution in [0.2, 0.25) is 0 Å². The lowest BCUT2D eigenvalue weighted by molar-refractivity contribution is -0.143. The zero-order valence-corrected chi connectivity index (χ0v) is 7.20. The minimum absolute atomic E-state index is 0.0858. The second-order valence-electron chi connectivity index (χ2n) is 3.19. The van der Waals surface area contributed by atoms with E-state index >= 15 is 0 Å². The molecule has 1 rings (SSSR count). The Labute approximate surface area is 74.9 Å². The third-order valence-electron chi connectivity index (χ3n) is 2.14. The predicted octanol–water partition coefficient (Wildman–Crippen LogP) is 0.870. The van der Waals surface area contributed by atoms with Gasteiger partial charge in [0.25, 0.3) is 0 Å². The Morgan fingerprint density at radius 2 is 2.15 bits per heavy atom. The summed E-state index contributed by atoms with van der Waals surface area (Å²) in [4.78, 5) is 12.5. The highest BCUT2D eigenvalue weighted by atomic mass is 19.3. The van der Waals surface area contributed by atoms with E-state index in [1.807, 2.05) is 0 Å². The first-order valence-electron chi connectivity index (χ1n) is 4.02. The minimum Gasteiger partial charge on any atom is -0.340 e. The van der Waals surface area contributed by atoms with Crippen LogP contribution in [-0.4, -0.2) is 30.3 Å². The van der Waals surface area contributed by atoms with Gasteiger partial charge in [-0.15, -0.1) is 0 Å². The van der Waals surface area contributed by atoms with Crippen molar-refractivity contribution in [2.75, 3.05) is 13.1 Å². The summed E-state index contributed by atoms with van der Waals surface area (Å²) in [6.45, 7) is 1.64. The highest BCUT2D eigenvalue weighted by Gasteiger charge is 2.37. The number of alkyl halides is 2. The van der Waals surface area contributed by atoms with Crippen molar-refractivity contribution in [3.05, 3.63) is 0 Å². The van der Waals surface area contributed by atoms with E-state index < -0.39 is 18.3 Å². The van der Waals surface area contributed by atoms with Gasteiger partial charge in [0.05, 0.1) is 12.0 Å². The molecule has 0 spiro atoms. The number of rotatable bonds is 2. The molecule has 0 bridgehead atoms. The first-order valence-corrected chi connectivity index (χ1v) is 4.02. The zero-order chi connectivity index (χ0) is 10.0. The number of carbonyl (C=O) groups excluding carboxylic acids is 1. The topological polar surface area (TPSA) is 44.1 Å². The lowest BCUT2D eigenvalue weighted by Crippen LogP contribution is -2.54. The maximum atomic E-state index is 12.0. The van der Waals surface area contributed by atoms with Gasteiger partial charge in [0.2, 0.25) is 12.3 Å². The molecule has 1 atom stereocenters. The van der Waals surface area contributed by atoms with Crippen LogP contribution in [0.5, 0.6) is 0 Å². The largest absolute Gasteiger partial charge is 0.340 e. The summed E-state index contributed by atoms with van der Waals surface area (Å²) in [6, 6.07) is 1.78. The van der Waals surface area contributed by atoms with Gasteiger partial charge in [-0.05, 0) is 6.92 Å². The van der Waals surface area contributed by atoms with E-state index in [4.69, 9.17) is 5.26 Å². The van der Waals surface area contributed by atoms with E-state index in [0.29, 0.717) is 0 Å². The summed E-state index contributed by atoms with van der Waals surface area (Å²) in [6.07, 6.45) is -2.36. The molecule has 1 amide bonds. The Bertz CT molecular complexity index is 243. The van der Waals surface area contributed by atoms with Gasteiger partial charge >= 0.3 is 0 Å². The number of hydrogen-bond acceptors (Lipinski definition) is 2. The summed E-state index contributed by atoms with van der Waals surface area (Å²) in [7, 11) is 0. The quantitative estimate of drug-likeness (QED) is 0.645. The lowest BCUT2D eigenvalue weighted by Gasteiger charge is -2.39. The zero-order valence-electron chi connectivity index (χ0n) is 7.20. The van der Waals surface area contributed by atoms with Crippen LogP contribution in [0.4, 0.5) is 8.78 Å². The molecule has 1 aliphatic heterocycles. The summed E-state index contributed by atoms with van der Waals surface area (Å²) in [5, 5.41) is 8.40. The van der Waals surface area contributed by atoms with Crippen molar-refractivity contribution >= 4 is 5.91 Å². The molecule has 0 saturated carbocycles. The lowest BCUT2D eigenvalue weighted by atomic mass is 9.99. The second-order valence-corrected chi connectivity index (χ2v) is 3.19. The third kappa shape index (κ3) is 1.94. The van der Waals surface area contributed by atoms with E-state index in [1.54, 1.807) is 6.07 Å². The summed E-state index contributed by atoms with van der Waals surface area (Å²) >= 11 is 0. The molecule has 0 aromatic rings. The molecule has 1 unspecified atom stereocenters. The first kappa shape index (κ1) is 9.90. The van der Waals surface area contributed by atoms with Crippen LogP contribution >= 0.6 is 0 Å². The van der Waals surface area contributed by atoms with E-state index in [2.05, 4.69) is 0 Å². The highest BCUT2D eigenvalue weighted by molar-refractivity contribution is 5.81. The van der Waals surface area contributed by atoms with Gasteiger partial charge in [0.15, 0.2) is 0 Å². The van der Waals surface area contributed by atoms with E-state index in [0.717, 1.165) is 0 Å². The molecule has 0 radical (unpaired) electrons. The SMILES string of the molecule is CC(C#N)C(=O)N1CC(C(F)F)C1. The molecule has 13 heavy (non-hydrogen) atoms. The molecule has 1 saturated heterocycles. The molecule has 0 N–H and O–H groups in total. The first-order chi connectivity index (χ1) is 6.06. The predicted molar refractivity (Wildman–Crippen MR) is 40.9 cm³/mol. The number of hydrogen-bond donors (Lipinski definition) is 0. The number of nitrogens with zero attached hydrogens (tertiary/aromatic N) is 2. The standard InChI is InChI=1S/C8H10F2N2O/c1-5(2-11)8(13)12-3-6(4-12)7(9)10/h5-7H,3-4H2,1H3. The minimum atomic E-state index is -2.36. The van der Waals surface area contributed by atoms with Crippen molar-refractivity contribution in [2.24, 2.45) is 11.8 Å². The van der Waals surface area contributed by atoms with Crippen molar-refractivity contribution in [1.82, 2.24) is 4.90 Å². The number of carbonyl (C=O) groups is 1. The van der Waals surface area contributed by atoms with Crippen LogP contribution in [0.1, 0.15) is 6.92 Å². The van der Waals surface area contributed by atoms with Crippen molar-refractivity contribution in [2.45, 2.75) is 13.3 Å². The molecule has 0 aromatic carbocycles. The summed E-state index contributed by atoms with van der Waals surface area (Å²) in [5.74, 6) is -1.77. The van der Waals surface area contributed by atoms with Crippen molar-refractivity contribution in [3.8, 4) is 6.07 Å². The summed E-state index contributed by atoms with van der Waals surface area (Å²) in [5.41, 5.74) is 0. The van der Waals surface area contributed by atoms with Gasteiger partial charge in [-0.3, -0.25) is 4.79 Å². The second kappa shape index (κ2) is 3.69. The van der Waals surface area contributed by atoms with Gasteiger partial charge in [-0.1, -0.05) is 0 Å². The fourth-order valence-electron chi connectivity index (χ4n) is 1.18. The van der Waals surface area contributed by atoms with Crippen molar-refractivity contribution in [1.29, 1.82) is 5.26 Å². The molecular weight excluding hydrogens is 178 g/mol. The molecule has 0 aromatic heterocycles. The Balaban J connectivity index is 2.36. The molecule has 1 fully saturated rings. The molecule has 1 heterocycles.